The molecule has 0 aliphatic heterocycles. The van der Waals surface area contributed by atoms with Crippen LogP contribution in [-0.2, 0) is 11.3 Å². The largest absolute Gasteiger partial charge is 0.462 e. The summed E-state index contributed by atoms with van der Waals surface area (Å²) >= 11 is 0. The predicted molar refractivity (Wildman–Crippen MR) is 94.4 cm³/mol. The van der Waals surface area contributed by atoms with E-state index in [0.29, 0.717) is 12.2 Å². The van der Waals surface area contributed by atoms with Gasteiger partial charge in [-0.05, 0) is 48.7 Å². The highest BCUT2D eigenvalue weighted by molar-refractivity contribution is 5.90. The third-order valence-corrected chi connectivity index (χ3v) is 3.72. The van der Waals surface area contributed by atoms with Crippen LogP contribution < -0.4 is 5.32 Å². The van der Waals surface area contributed by atoms with Crippen molar-refractivity contribution in [3.8, 4) is 11.1 Å². The molecule has 0 aliphatic carbocycles. The van der Waals surface area contributed by atoms with Gasteiger partial charge in [0.05, 0.1) is 12.2 Å². The molecule has 0 saturated carbocycles. The second-order valence-electron chi connectivity index (χ2n) is 5.53. The maximum absolute atomic E-state index is 11.7. The van der Waals surface area contributed by atoms with Crippen LogP contribution >= 0.6 is 0 Å². The van der Waals surface area contributed by atoms with E-state index in [4.69, 9.17) is 4.74 Å². The van der Waals surface area contributed by atoms with Crippen LogP contribution in [0.1, 0.15) is 42.6 Å². The first-order valence-electron chi connectivity index (χ1n) is 8.31. The van der Waals surface area contributed by atoms with E-state index in [9.17, 15) is 4.79 Å². The highest BCUT2D eigenvalue weighted by atomic mass is 16.5. The third-order valence-electron chi connectivity index (χ3n) is 3.72. The van der Waals surface area contributed by atoms with E-state index in [1.54, 1.807) is 0 Å². The fourth-order valence-corrected chi connectivity index (χ4v) is 2.36. The molecule has 0 aromatic heterocycles. The highest BCUT2D eigenvalue weighted by Crippen LogP contribution is 2.20. The van der Waals surface area contributed by atoms with Crippen molar-refractivity contribution >= 4 is 5.97 Å². The highest BCUT2D eigenvalue weighted by Gasteiger charge is 2.06. The Kier molecular flexibility index (Phi) is 6.82. The normalized spacial score (nSPS) is 10.5. The maximum Gasteiger partial charge on any atom is 0.338 e. The SMILES string of the molecule is CCCCNCc1ccc(-c2ccc(C(=O)OCC)cc2)cc1. The smallest absolute Gasteiger partial charge is 0.338 e. The van der Waals surface area contributed by atoms with Crippen molar-refractivity contribution < 1.29 is 9.53 Å². The minimum Gasteiger partial charge on any atom is -0.462 e. The molecule has 0 saturated heterocycles. The van der Waals surface area contributed by atoms with Gasteiger partial charge < -0.3 is 10.1 Å². The van der Waals surface area contributed by atoms with Crippen LogP contribution in [0, 0.1) is 0 Å². The topological polar surface area (TPSA) is 38.3 Å². The Balaban J connectivity index is 1.97. The van der Waals surface area contributed by atoms with Crippen molar-refractivity contribution in [1.29, 1.82) is 0 Å². The van der Waals surface area contributed by atoms with Gasteiger partial charge in [0.25, 0.3) is 0 Å². The maximum atomic E-state index is 11.7. The average molecular weight is 311 g/mol. The molecule has 3 heteroatoms. The molecular weight excluding hydrogens is 286 g/mol. The Hall–Kier alpha value is -2.13. The number of unbranched alkanes of at least 4 members (excludes halogenated alkanes) is 1. The number of hydrogen-bond donors (Lipinski definition) is 1. The number of benzene rings is 2. The van der Waals surface area contributed by atoms with E-state index in [0.717, 1.165) is 24.2 Å². The summed E-state index contributed by atoms with van der Waals surface area (Å²) in [6, 6.07) is 16.1. The summed E-state index contributed by atoms with van der Waals surface area (Å²) in [5.74, 6) is -0.271. The zero-order chi connectivity index (χ0) is 16.5. The first kappa shape index (κ1) is 17.2. The van der Waals surface area contributed by atoms with Crippen LogP contribution in [0.2, 0.25) is 0 Å². The van der Waals surface area contributed by atoms with Gasteiger partial charge in [-0.1, -0.05) is 49.7 Å². The van der Waals surface area contributed by atoms with Crippen LogP contribution in [0.5, 0.6) is 0 Å². The molecule has 2 rings (SSSR count). The molecule has 23 heavy (non-hydrogen) atoms. The number of carbonyl (C=O) groups excluding carboxylic acids is 1. The van der Waals surface area contributed by atoms with E-state index in [1.807, 2.05) is 31.2 Å². The van der Waals surface area contributed by atoms with Gasteiger partial charge in [0, 0.05) is 6.54 Å². The zero-order valence-electron chi connectivity index (χ0n) is 14.0. The van der Waals surface area contributed by atoms with Crippen LogP contribution in [0.25, 0.3) is 11.1 Å². The summed E-state index contributed by atoms with van der Waals surface area (Å²) in [4.78, 5) is 11.7. The molecule has 1 N–H and O–H groups in total. The van der Waals surface area contributed by atoms with Gasteiger partial charge in [0.1, 0.15) is 0 Å². The first-order valence-corrected chi connectivity index (χ1v) is 8.31. The van der Waals surface area contributed by atoms with Gasteiger partial charge >= 0.3 is 5.97 Å². The molecule has 0 aliphatic rings. The number of nitrogens with one attached hydrogen (secondary N) is 1. The lowest BCUT2D eigenvalue weighted by molar-refractivity contribution is 0.0526. The minimum absolute atomic E-state index is 0.271. The molecule has 0 unspecified atom stereocenters. The number of esters is 1. The lowest BCUT2D eigenvalue weighted by Gasteiger charge is -2.07. The van der Waals surface area contributed by atoms with Crippen molar-refractivity contribution in [1.82, 2.24) is 5.32 Å². The van der Waals surface area contributed by atoms with Gasteiger partial charge in [-0.3, -0.25) is 0 Å². The Morgan fingerprint density at radius 3 is 2.13 bits per heavy atom. The van der Waals surface area contributed by atoms with Gasteiger partial charge in [0.2, 0.25) is 0 Å². The van der Waals surface area contributed by atoms with Crippen LogP contribution in [0.3, 0.4) is 0 Å². The zero-order valence-corrected chi connectivity index (χ0v) is 14.0. The van der Waals surface area contributed by atoms with E-state index in [-0.39, 0.29) is 5.97 Å². The van der Waals surface area contributed by atoms with Crippen molar-refractivity contribution in [2.45, 2.75) is 33.2 Å². The molecule has 122 valence electrons. The standard InChI is InChI=1S/C20H25NO2/c1-3-5-14-21-15-16-6-8-17(9-7-16)18-10-12-19(13-11-18)20(22)23-4-2/h6-13,21H,3-5,14-15H2,1-2H3. The van der Waals surface area contributed by atoms with Crippen molar-refractivity contribution in [2.24, 2.45) is 0 Å². The monoisotopic (exact) mass is 311 g/mol. The third kappa shape index (κ3) is 5.22. The predicted octanol–water partition coefficient (Wildman–Crippen LogP) is 4.42. The van der Waals surface area contributed by atoms with Crippen LogP contribution in [-0.4, -0.2) is 19.1 Å². The second-order valence-corrected chi connectivity index (χ2v) is 5.53. The summed E-state index contributed by atoms with van der Waals surface area (Å²) in [5.41, 5.74) is 4.13. The summed E-state index contributed by atoms with van der Waals surface area (Å²) < 4.78 is 5.00. The fourth-order valence-electron chi connectivity index (χ4n) is 2.36. The van der Waals surface area contributed by atoms with Gasteiger partial charge in [-0.15, -0.1) is 0 Å². The Morgan fingerprint density at radius 2 is 1.57 bits per heavy atom. The van der Waals surface area contributed by atoms with Gasteiger partial charge in [-0.2, -0.15) is 0 Å². The number of hydrogen-bond acceptors (Lipinski definition) is 3. The molecule has 0 fully saturated rings. The molecule has 0 amide bonds. The molecule has 0 atom stereocenters. The molecule has 0 radical (unpaired) electrons. The lowest BCUT2D eigenvalue weighted by atomic mass is 10.0. The Morgan fingerprint density at radius 1 is 0.957 bits per heavy atom. The quantitative estimate of drug-likeness (QED) is 0.579. The molecule has 0 heterocycles. The van der Waals surface area contributed by atoms with Crippen molar-refractivity contribution in [3.05, 3.63) is 59.7 Å². The first-order chi connectivity index (χ1) is 11.2. The summed E-state index contributed by atoms with van der Waals surface area (Å²) in [5, 5.41) is 3.44. The van der Waals surface area contributed by atoms with E-state index < -0.39 is 0 Å². The number of ether oxygens (including phenoxy) is 1. The molecule has 2 aromatic carbocycles. The van der Waals surface area contributed by atoms with E-state index in [2.05, 4.69) is 36.5 Å². The number of rotatable bonds is 8. The molecular formula is C20H25NO2. The lowest BCUT2D eigenvalue weighted by Crippen LogP contribution is -2.14. The van der Waals surface area contributed by atoms with Gasteiger partial charge in [-0.25, -0.2) is 4.79 Å². The molecule has 0 spiro atoms. The van der Waals surface area contributed by atoms with Crippen molar-refractivity contribution in [2.75, 3.05) is 13.2 Å². The fraction of sp³-hybridized carbons (Fsp3) is 0.350. The van der Waals surface area contributed by atoms with Crippen molar-refractivity contribution in [3.63, 3.8) is 0 Å². The summed E-state index contributed by atoms with van der Waals surface area (Å²) in [6.07, 6.45) is 2.43. The average Bonchev–Trinajstić information content (AvgIpc) is 2.60. The van der Waals surface area contributed by atoms with Crippen LogP contribution in [0.4, 0.5) is 0 Å². The summed E-state index contributed by atoms with van der Waals surface area (Å²) in [6.45, 7) is 6.37. The molecule has 0 bridgehead atoms. The van der Waals surface area contributed by atoms with E-state index in [1.165, 1.54) is 18.4 Å². The Bertz CT molecular complexity index is 603. The van der Waals surface area contributed by atoms with E-state index >= 15 is 0 Å². The summed E-state index contributed by atoms with van der Waals surface area (Å²) in [7, 11) is 0. The molecule has 2 aromatic rings. The minimum atomic E-state index is -0.271. The van der Waals surface area contributed by atoms with Gasteiger partial charge in [0.15, 0.2) is 0 Å². The Labute approximate surface area is 138 Å². The molecule has 3 nitrogen and oxygen atoms in total. The number of carbonyl (C=O) groups is 1. The second kappa shape index (κ2) is 9.11. The van der Waals surface area contributed by atoms with Crippen LogP contribution in [0.15, 0.2) is 48.5 Å².